The highest BCUT2D eigenvalue weighted by atomic mass is 79.9. The highest BCUT2D eigenvalue weighted by molar-refractivity contribution is 9.10. The van der Waals surface area contributed by atoms with Crippen molar-refractivity contribution in [3.63, 3.8) is 0 Å². The fourth-order valence-corrected chi connectivity index (χ4v) is 4.09. The van der Waals surface area contributed by atoms with Gasteiger partial charge in [-0.05, 0) is 48.6 Å². The molecule has 1 amide bonds. The molecule has 0 fully saturated rings. The monoisotopic (exact) mass is 365 g/mol. The smallest absolute Gasteiger partial charge is 0.258 e. The van der Waals surface area contributed by atoms with Crippen LogP contribution >= 0.6 is 27.3 Å². The molecule has 1 aliphatic heterocycles. The van der Waals surface area contributed by atoms with E-state index >= 15 is 0 Å². The van der Waals surface area contributed by atoms with Gasteiger partial charge < -0.3 is 9.64 Å². The van der Waals surface area contributed by atoms with Gasteiger partial charge in [0.05, 0.1) is 18.7 Å². The Morgan fingerprint density at radius 2 is 2.24 bits per heavy atom. The molecule has 0 aliphatic carbocycles. The molecule has 2 heterocycles. The molecule has 0 N–H and O–H groups in total. The van der Waals surface area contributed by atoms with E-state index < -0.39 is 0 Å². The zero-order valence-electron chi connectivity index (χ0n) is 11.9. The average molecular weight is 366 g/mol. The van der Waals surface area contributed by atoms with Gasteiger partial charge in [-0.15, -0.1) is 11.3 Å². The largest absolute Gasteiger partial charge is 0.496 e. The Bertz CT molecular complexity index is 683. The van der Waals surface area contributed by atoms with Crippen LogP contribution in [0.4, 0.5) is 0 Å². The number of amides is 1. The molecule has 1 atom stereocenters. The number of ether oxygens (including phenoxy) is 1. The van der Waals surface area contributed by atoms with Crippen LogP contribution in [0.5, 0.6) is 5.75 Å². The quantitative estimate of drug-likeness (QED) is 0.794. The van der Waals surface area contributed by atoms with Gasteiger partial charge in [0.15, 0.2) is 0 Å². The molecule has 5 heteroatoms. The number of nitrogens with zero attached hydrogens (tertiary/aromatic N) is 1. The second kappa shape index (κ2) is 5.81. The number of fused-ring (bicyclic) bond motifs is 1. The minimum Gasteiger partial charge on any atom is -0.496 e. The normalized spacial score (nSPS) is 17.5. The molecule has 3 nitrogen and oxygen atoms in total. The maximum absolute atomic E-state index is 12.9. The third kappa shape index (κ3) is 2.60. The molecule has 0 bridgehead atoms. The number of benzene rings is 1. The molecule has 3 rings (SSSR count). The van der Waals surface area contributed by atoms with Crippen LogP contribution in [-0.4, -0.2) is 24.5 Å². The van der Waals surface area contributed by atoms with Gasteiger partial charge >= 0.3 is 0 Å². The molecule has 1 unspecified atom stereocenters. The fraction of sp³-hybridized carbons (Fsp3) is 0.312. The summed E-state index contributed by atoms with van der Waals surface area (Å²) in [5, 5.41) is 2.11. The van der Waals surface area contributed by atoms with E-state index in [1.54, 1.807) is 18.4 Å². The maximum atomic E-state index is 12.9. The van der Waals surface area contributed by atoms with Gasteiger partial charge in [0.1, 0.15) is 5.75 Å². The average Bonchev–Trinajstić information content (AvgIpc) is 2.96. The Balaban J connectivity index is 1.93. The number of rotatable bonds is 2. The standard InChI is InChI=1S/C16H16BrNO2S/c1-10-12-6-8-21-15(12)5-7-18(10)16(19)13-4-3-11(17)9-14(13)20-2/h3-4,6,8-10H,5,7H2,1-2H3. The Morgan fingerprint density at radius 1 is 1.43 bits per heavy atom. The zero-order chi connectivity index (χ0) is 15.0. The maximum Gasteiger partial charge on any atom is 0.258 e. The first kappa shape index (κ1) is 14.6. The molecule has 21 heavy (non-hydrogen) atoms. The summed E-state index contributed by atoms with van der Waals surface area (Å²) in [5.41, 5.74) is 1.89. The van der Waals surface area contributed by atoms with Crippen molar-refractivity contribution in [1.29, 1.82) is 0 Å². The van der Waals surface area contributed by atoms with Gasteiger partial charge in [0.2, 0.25) is 0 Å². The number of hydrogen-bond donors (Lipinski definition) is 0. The third-order valence-corrected chi connectivity index (χ3v) is 5.42. The van der Waals surface area contributed by atoms with Crippen molar-refractivity contribution in [2.45, 2.75) is 19.4 Å². The lowest BCUT2D eigenvalue weighted by Gasteiger charge is -2.34. The fourth-order valence-electron chi connectivity index (χ4n) is 2.78. The van der Waals surface area contributed by atoms with E-state index in [-0.39, 0.29) is 11.9 Å². The molecule has 0 radical (unpaired) electrons. The molecule has 1 aromatic heterocycles. The van der Waals surface area contributed by atoms with Crippen molar-refractivity contribution in [2.75, 3.05) is 13.7 Å². The van der Waals surface area contributed by atoms with Crippen LogP contribution in [-0.2, 0) is 6.42 Å². The first-order valence-electron chi connectivity index (χ1n) is 6.82. The van der Waals surface area contributed by atoms with Gasteiger partial charge in [0.25, 0.3) is 5.91 Å². The van der Waals surface area contributed by atoms with Crippen LogP contribution in [0.3, 0.4) is 0 Å². The number of carbonyl (C=O) groups excluding carboxylic acids is 1. The summed E-state index contributed by atoms with van der Waals surface area (Å²) in [6.45, 7) is 2.85. The van der Waals surface area contributed by atoms with Crippen LogP contribution in [0.2, 0.25) is 0 Å². The summed E-state index contributed by atoms with van der Waals surface area (Å²) < 4.78 is 6.26. The second-order valence-corrected chi connectivity index (χ2v) is 6.98. The number of thiophene rings is 1. The van der Waals surface area contributed by atoms with Crippen LogP contribution in [0.1, 0.15) is 33.8 Å². The lowest BCUT2D eigenvalue weighted by molar-refractivity contribution is 0.0676. The minimum atomic E-state index is 0.0312. The van der Waals surface area contributed by atoms with Crippen molar-refractivity contribution in [2.24, 2.45) is 0 Å². The van der Waals surface area contributed by atoms with E-state index in [1.807, 2.05) is 23.1 Å². The molecule has 1 aliphatic rings. The summed E-state index contributed by atoms with van der Waals surface area (Å²) >= 11 is 5.19. The van der Waals surface area contributed by atoms with E-state index in [4.69, 9.17) is 4.74 Å². The van der Waals surface area contributed by atoms with Crippen molar-refractivity contribution < 1.29 is 9.53 Å². The third-order valence-electron chi connectivity index (χ3n) is 3.93. The van der Waals surface area contributed by atoms with E-state index in [0.29, 0.717) is 11.3 Å². The Kier molecular flexibility index (Phi) is 4.04. The summed E-state index contributed by atoms with van der Waals surface area (Å²) in [7, 11) is 1.59. The lowest BCUT2D eigenvalue weighted by Crippen LogP contribution is -2.38. The highest BCUT2D eigenvalue weighted by Crippen LogP contribution is 2.35. The molecule has 0 saturated heterocycles. The molecule has 1 aromatic carbocycles. The molecular weight excluding hydrogens is 350 g/mol. The van der Waals surface area contributed by atoms with E-state index in [0.717, 1.165) is 17.4 Å². The molecule has 110 valence electrons. The number of halogens is 1. The summed E-state index contributed by atoms with van der Waals surface area (Å²) in [5.74, 6) is 0.640. The summed E-state index contributed by atoms with van der Waals surface area (Å²) in [6.07, 6.45) is 0.932. The van der Waals surface area contributed by atoms with Crippen molar-refractivity contribution in [3.05, 3.63) is 50.1 Å². The number of hydrogen-bond acceptors (Lipinski definition) is 3. The molecule has 0 saturated carbocycles. The van der Waals surface area contributed by atoms with Crippen LogP contribution in [0.25, 0.3) is 0 Å². The SMILES string of the molecule is COc1cc(Br)ccc1C(=O)N1CCc2sccc2C1C. The Hall–Kier alpha value is -1.33. The first-order chi connectivity index (χ1) is 10.1. The summed E-state index contributed by atoms with van der Waals surface area (Å²) in [4.78, 5) is 16.2. The van der Waals surface area contributed by atoms with Gasteiger partial charge in [-0.1, -0.05) is 15.9 Å². The Labute approximate surface area is 136 Å². The van der Waals surface area contributed by atoms with Gasteiger partial charge in [0, 0.05) is 15.9 Å². The van der Waals surface area contributed by atoms with Crippen molar-refractivity contribution in [3.8, 4) is 5.75 Å². The van der Waals surface area contributed by atoms with Gasteiger partial charge in [-0.25, -0.2) is 0 Å². The van der Waals surface area contributed by atoms with E-state index in [1.165, 1.54) is 10.4 Å². The van der Waals surface area contributed by atoms with Crippen molar-refractivity contribution in [1.82, 2.24) is 4.90 Å². The number of methoxy groups -OCH3 is 1. The topological polar surface area (TPSA) is 29.5 Å². The van der Waals surface area contributed by atoms with Crippen LogP contribution < -0.4 is 4.74 Å². The Morgan fingerprint density at radius 3 is 3.00 bits per heavy atom. The first-order valence-corrected chi connectivity index (χ1v) is 8.50. The second-order valence-electron chi connectivity index (χ2n) is 5.07. The highest BCUT2D eigenvalue weighted by Gasteiger charge is 2.30. The van der Waals surface area contributed by atoms with E-state index in [9.17, 15) is 4.79 Å². The number of carbonyl (C=O) groups is 1. The predicted molar refractivity (Wildman–Crippen MR) is 88.2 cm³/mol. The van der Waals surface area contributed by atoms with Crippen LogP contribution in [0, 0.1) is 0 Å². The van der Waals surface area contributed by atoms with Crippen molar-refractivity contribution >= 4 is 33.2 Å². The molecular formula is C16H16BrNO2S. The predicted octanol–water partition coefficient (Wildman–Crippen LogP) is 4.28. The summed E-state index contributed by atoms with van der Waals surface area (Å²) in [6, 6.07) is 7.77. The lowest BCUT2D eigenvalue weighted by atomic mass is 10.00. The van der Waals surface area contributed by atoms with Gasteiger partial charge in [-0.2, -0.15) is 0 Å². The van der Waals surface area contributed by atoms with E-state index in [2.05, 4.69) is 34.3 Å². The molecule has 2 aromatic rings. The zero-order valence-corrected chi connectivity index (χ0v) is 14.3. The minimum absolute atomic E-state index is 0.0312. The molecule has 0 spiro atoms. The van der Waals surface area contributed by atoms with Crippen LogP contribution in [0.15, 0.2) is 34.1 Å². The van der Waals surface area contributed by atoms with Gasteiger partial charge in [-0.3, -0.25) is 4.79 Å².